The van der Waals surface area contributed by atoms with Gasteiger partial charge in [0, 0.05) is 23.3 Å². The average molecular weight is 792 g/mol. The second kappa shape index (κ2) is 15.6. The van der Waals surface area contributed by atoms with Gasteiger partial charge in [-0.3, -0.25) is 19.1 Å². The van der Waals surface area contributed by atoms with Crippen molar-refractivity contribution >= 4 is 44.7 Å². The van der Waals surface area contributed by atoms with Crippen LogP contribution in [0.4, 0.5) is 18.0 Å². The van der Waals surface area contributed by atoms with Crippen molar-refractivity contribution in [2.24, 2.45) is 5.92 Å². The minimum Gasteiger partial charge on any atom is -0.486 e. The summed E-state index contributed by atoms with van der Waals surface area (Å²) in [5.74, 6) is -2.41. The molecule has 2 aliphatic heterocycles. The Labute approximate surface area is 318 Å². The topological polar surface area (TPSA) is 173 Å². The number of aryl methyl sites for hydroxylation is 2. The van der Waals surface area contributed by atoms with Gasteiger partial charge >= 0.3 is 12.3 Å². The fraction of sp³-hybridized carbons (Fsp3) is 0.605. The van der Waals surface area contributed by atoms with Crippen molar-refractivity contribution in [3.05, 3.63) is 47.2 Å². The molecule has 2 aromatic rings. The van der Waals surface area contributed by atoms with Gasteiger partial charge in [0.05, 0.1) is 34.7 Å². The summed E-state index contributed by atoms with van der Waals surface area (Å²) >= 11 is 0. The molecule has 0 spiro atoms. The first kappa shape index (κ1) is 40.3. The summed E-state index contributed by atoms with van der Waals surface area (Å²) in [5.41, 5.74) is -2.00. The van der Waals surface area contributed by atoms with Crippen molar-refractivity contribution in [3.8, 4) is 5.75 Å². The summed E-state index contributed by atoms with van der Waals surface area (Å²) in [5, 5.41) is 5.06. The first-order valence-electron chi connectivity index (χ1n) is 18.9. The van der Waals surface area contributed by atoms with Crippen molar-refractivity contribution in [2.75, 3.05) is 6.54 Å². The van der Waals surface area contributed by atoms with Gasteiger partial charge in [-0.1, -0.05) is 44.1 Å². The van der Waals surface area contributed by atoms with Gasteiger partial charge in [-0.2, -0.15) is 13.2 Å². The fourth-order valence-corrected chi connectivity index (χ4v) is 8.97. The SMILES string of the molecule is CCc1c(OC2CC3C(=O)NC4(C(=O)NS(=O)(=O)C5CC5)CC4C=CCCCCCC(NC(=O)OC(C)C)C(=O)N3C2)c(C)nc2c(C(F)(F)F)cccc12. The number of nitrogens with one attached hydrogen (secondary N) is 3. The highest BCUT2D eigenvalue weighted by Crippen LogP contribution is 2.46. The zero-order chi connectivity index (χ0) is 39.9. The molecule has 13 nitrogen and oxygen atoms in total. The Kier molecular flexibility index (Phi) is 11.4. The van der Waals surface area contributed by atoms with E-state index in [0.29, 0.717) is 37.7 Å². The molecule has 300 valence electrons. The van der Waals surface area contributed by atoms with Gasteiger partial charge in [-0.25, -0.2) is 18.2 Å². The van der Waals surface area contributed by atoms with Crippen LogP contribution in [0.15, 0.2) is 30.4 Å². The number of amides is 4. The second-order valence-electron chi connectivity index (χ2n) is 15.2. The maximum atomic E-state index is 14.4. The molecule has 2 saturated carbocycles. The Bertz CT molecular complexity index is 1990. The van der Waals surface area contributed by atoms with Crippen LogP contribution in [0.5, 0.6) is 5.75 Å². The van der Waals surface area contributed by atoms with Crippen molar-refractivity contribution in [1.82, 2.24) is 25.2 Å². The number of hydrogen-bond donors (Lipinski definition) is 3. The molecule has 1 saturated heterocycles. The molecule has 3 fully saturated rings. The summed E-state index contributed by atoms with van der Waals surface area (Å²) in [6, 6.07) is 1.52. The minimum absolute atomic E-state index is 0.0808. The molecule has 4 aliphatic rings. The maximum absolute atomic E-state index is 14.4. The van der Waals surface area contributed by atoms with E-state index in [0.717, 1.165) is 12.5 Å². The minimum atomic E-state index is -4.64. The van der Waals surface area contributed by atoms with Crippen LogP contribution in [-0.4, -0.2) is 83.7 Å². The Balaban J connectivity index is 1.35. The predicted octanol–water partition coefficient (Wildman–Crippen LogP) is 4.98. The Hall–Kier alpha value is -4.41. The lowest BCUT2D eigenvalue weighted by Crippen LogP contribution is -2.58. The molecule has 0 bridgehead atoms. The lowest BCUT2D eigenvalue weighted by Gasteiger charge is -2.30. The molecular weight excluding hydrogens is 744 g/mol. The third-order valence-corrected chi connectivity index (χ3v) is 12.5. The Morgan fingerprint density at radius 3 is 2.55 bits per heavy atom. The quantitative estimate of drug-likeness (QED) is 0.312. The number of para-hydroxylation sites is 1. The standard InChI is InChI=1S/C38H48F3N5O8S/c1-5-26-27-13-11-14-28(38(39,40)41)31(27)42-22(4)32(26)54-24-18-30-33(47)44-37(35(49)45-55(51,52)25-16-17-25)19-23(37)12-9-7-6-8-10-15-29(34(48)46(30)20-24)43-36(50)53-21(2)3/h9,11-14,21,23-25,29-30H,5-8,10,15-20H2,1-4H3,(H,43,50)(H,44,47)(H,45,49). The molecule has 5 unspecified atom stereocenters. The molecule has 1 aromatic carbocycles. The van der Waals surface area contributed by atoms with Gasteiger partial charge in [0.25, 0.3) is 5.91 Å². The molecule has 55 heavy (non-hydrogen) atoms. The van der Waals surface area contributed by atoms with Gasteiger partial charge in [0.1, 0.15) is 29.5 Å². The molecule has 6 rings (SSSR count). The van der Waals surface area contributed by atoms with Crippen LogP contribution in [0.25, 0.3) is 10.9 Å². The van der Waals surface area contributed by atoms with Crippen molar-refractivity contribution < 1.29 is 50.2 Å². The summed E-state index contributed by atoms with van der Waals surface area (Å²) in [6.07, 6.45) is 1.07. The monoisotopic (exact) mass is 791 g/mol. The number of nitrogens with zero attached hydrogens (tertiary/aromatic N) is 2. The molecule has 17 heteroatoms. The number of benzene rings is 1. The molecule has 5 atom stereocenters. The van der Waals surface area contributed by atoms with Crippen molar-refractivity contribution in [1.29, 1.82) is 0 Å². The number of allylic oxidation sites excluding steroid dienone is 1. The lowest BCUT2D eigenvalue weighted by atomic mass is 10.0. The van der Waals surface area contributed by atoms with Crippen LogP contribution < -0.4 is 20.1 Å². The van der Waals surface area contributed by atoms with Gasteiger partial charge in [-0.05, 0) is 71.8 Å². The number of sulfonamides is 1. The molecule has 4 amide bonds. The summed E-state index contributed by atoms with van der Waals surface area (Å²) < 4.78 is 81.4. The van der Waals surface area contributed by atoms with E-state index < -0.39 is 86.6 Å². The van der Waals surface area contributed by atoms with E-state index in [2.05, 4.69) is 20.3 Å². The molecular formula is C38H48F3N5O8S. The van der Waals surface area contributed by atoms with Crippen LogP contribution in [0.1, 0.15) is 95.4 Å². The van der Waals surface area contributed by atoms with E-state index in [1.165, 1.54) is 17.9 Å². The lowest BCUT2D eigenvalue weighted by molar-refractivity contribution is -0.141. The number of pyridine rings is 1. The third kappa shape index (κ3) is 8.70. The molecule has 1 aromatic heterocycles. The van der Waals surface area contributed by atoms with Crippen LogP contribution in [0.2, 0.25) is 0 Å². The van der Waals surface area contributed by atoms with Gasteiger partial charge in [0.15, 0.2) is 0 Å². The highest BCUT2D eigenvalue weighted by atomic mass is 32.2. The summed E-state index contributed by atoms with van der Waals surface area (Å²) in [7, 11) is -3.94. The van der Waals surface area contributed by atoms with Crippen LogP contribution >= 0.6 is 0 Å². The first-order valence-corrected chi connectivity index (χ1v) is 20.5. The Morgan fingerprint density at radius 1 is 1.13 bits per heavy atom. The number of halogens is 3. The van der Waals surface area contributed by atoms with E-state index in [1.54, 1.807) is 26.8 Å². The smallest absolute Gasteiger partial charge is 0.418 e. The second-order valence-corrected chi connectivity index (χ2v) is 17.2. The third-order valence-electron chi connectivity index (χ3n) is 10.7. The van der Waals surface area contributed by atoms with Crippen molar-refractivity contribution in [3.63, 3.8) is 0 Å². The van der Waals surface area contributed by atoms with E-state index in [4.69, 9.17) is 9.47 Å². The maximum Gasteiger partial charge on any atom is 0.418 e. The van der Waals surface area contributed by atoms with E-state index in [1.807, 2.05) is 12.2 Å². The van der Waals surface area contributed by atoms with E-state index in [9.17, 15) is 40.8 Å². The largest absolute Gasteiger partial charge is 0.486 e. The summed E-state index contributed by atoms with van der Waals surface area (Å²) in [4.78, 5) is 60.9. The zero-order valence-corrected chi connectivity index (χ0v) is 32.1. The van der Waals surface area contributed by atoms with E-state index in [-0.39, 0.29) is 54.6 Å². The van der Waals surface area contributed by atoms with Gasteiger partial charge < -0.3 is 25.0 Å². The first-order chi connectivity index (χ1) is 25.9. The predicted molar refractivity (Wildman–Crippen MR) is 195 cm³/mol. The number of carbonyl (C=O) groups is 4. The molecule has 0 radical (unpaired) electrons. The highest BCUT2D eigenvalue weighted by molar-refractivity contribution is 7.91. The number of aromatic nitrogens is 1. The van der Waals surface area contributed by atoms with E-state index >= 15 is 0 Å². The number of alkyl carbamates (subject to hydrolysis) is 1. The number of carbonyl (C=O) groups excluding carboxylic acids is 4. The average Bonchev–Trinajstić information content (AvgIpc) is 4.03. The van der Waals surface area contributed by atoms with Crippen LogP contribution in [-0.2, 0) is 41.7 Å². The zero-order valence-electron chi connectivity index (χ0n) is 31.3. The number of fused-ring (bicyclic) bond motifs is 3. The number of alkyl halides is 3. The van der Waals surface area contributed by atoms with Gasteiger partial charge in [-0.15, -0.1) is 0 Å². The Morgan fingerprint density at radius 2 is 1.87 bits per heavy atom. The fourth-order valence-electron chi connectivity index (χ4n) is 7.61. The van der Waals surface area contributed by atoms with Crippen molar-refractivity contribution in [2.45, 2.75) is 133 Å². The van der Waals surface area contributed by atoms with Crippen LogP contribution in [0.3, 0.4) is 0 Å². The van der Waals surface area contributed by atoms with Gasteiger partial charge in [0.2, 0.25) is 21.8 Å². The summed E-state index contributed by atoms with van der Waals surface area (Å²) in [6.45, 7) is 6.50. The molecule has 3 N–H and O–H groups in total. The normalized spacial score (nSPS) is 26.4. The molecule has 2 aliphatic carbocycles. The molecule has 3 heterocycles. The van der Waals surface area contributed by atoms with Crippen LogP contribution in [0, 0.1) is 12.8 Å². The number of rotatable bonds is 8. The number of ether oxygens (including phenoxy) is 2. The highest BCUT2D eigenvalue weighted by Gasteiger charge is 2.62. The number of hydrogen-bond acceptors (Lipinski definition) is 9.